The molecule has 0 atom stereocenters. The molecule has 1 aromatic carbocycles. The zero-order valence-corrected chi connectivity index (χ0v) is 12.5. The highest BCUT2D eigenvalue weighted by atomic mass is 32.1. The molecule has 0 saturated carbocycles. The van der Waals surface area contributed by atoms with Gasteiger partial charge in [0.05, 0.1) is 12.3 Å². The molecule has 0 unspecified atom stereocenters. The Hall–Kier alpha value is -1.23. The van der Waals surface area contributed by atoms with Crippen molar-refractivity contribution in [2.45, 2.75) is 20.4 Å². The summed E-state index contributed by atoms with van der Waals surface area (Å²) in [4.78, 5) is 5.97. The first-order valence-electron chi connectivity index (χ1n) is 6.43. The number of hydrogen-bond acceptors (Lipinski definition) is 4. The Morgan fingerprint density at radius 2 is 2.16 bits per heavy atom. The second-order valence-corrected chi connectivity index (χ2v) is 5.65. The molecule has 1 N–H and O–H groups in total. The molecule has 1 heterocycles. The van der Waals surface area contributed by atoms with E-state index < -0.39 is 0 Å². The van der Waals surface area contributed by atoms with Crippen molar-refractivity contribution in [3.8, 4) is 10.6 Å². The molecule has 2 aromatic rings. The van der Waals surface area contributed by atoms with Crippen LogP contribution in [-0.4, -0.2) is 25.2 Å². The number of nitrogens with one attached hydrogen (secondary N) is 1. The summed E-state index contributed by atoms with van der Waals surface area (Å²) in [5.74, 6) is 0. The first-order chi connectivity index (χ1) is 9.20. The van der Waals surface area contributed by atoms with Crippen LogP contribution in [0.25, 0.3) is 10.6 Å². The van der Waals surface area contributed by atoms with Crippen molar-refractivity contribution in [3.63, 3.8) is 0 Å². The van der Waals surface area contributed by atoms with Gasteiger partial charge in [-0.25, -0.2) is 4.98 Å². The van der Waals surface area contributed by atoms with E-state index in [-0.39, 0.29) is 0 Å². The van der Waals surface area contributed by atoms with Crippen LogP contribution < -0.4 is 5.32 Å². The molecule has 4 heteroatoms. The molecule has 0 saturated heterocycles. The Bertz CT molecular complexity index is 537. The summed E-state index contributed by atoms with van der Waals surface area (Å²) in [7, 11) is 1.72. The number of hydrogen-bond donors (Lipinski definition) is 1. The Labute approximate surface area is 118 Å². The largest absolute Gasteiger partial charge is 0.383 e. The maximum absolute atomic E-state index is 5.02. The second kappa shape index (κ2) is 6.80. The second-order valence-electron chi connectivity index (χ2n) is 4.57. The number of ether oxygens (including phenoxy) is 1. The average molecular weight is 276 g/mol. The van der Waals surface area contributed by atoms with Crippen LogP contribution in [0.4, 0.5) is 0 Å². The predicted octanol–water partition coefficient (Wildman–Crippen LogP) is 3.16. The summed E-state index contributed by atoms with van der Waals surface area (Å²) in [6, 6.07) is 8.49. The van der Waals surface area contributed by atoms with E-state index in [2.05, 4.69) is 48.4 Å². The van der Waals surface area contributed by atoms with Crippen molar-refractivity contribution < 1.29 is 4.74 Å². The van der Waals surface area contributed by atoms with Gasteiger partial charge in [0.1, 0.15) is 5.01 Å². The third-order valence-electron chi connectivity index (χ3n) is 2.93. The molecule has 3 nitrogen and oxygen atoms in total. The highest BCUT2D eigenvalue weighted by Gasteiger charge is 2.09. The predicted molar refractivity (Wildman–Crippen MR) is 80.6 cm³/mol. The lowest BCUT2D eigenvalue weighted by atomic mass is 10.1. The molecular formula is C15H20N2OS. The molecule has 0 aliphatic heterocycles. The van der Waals surface area contributed by atoms with Crippen LogP contribution in [0.1, 0.15) is 16.1 Å². The molecule has 0 aliphatic carbocycles. The Morgan fingerprint density at radius 1 is 1.32 bits per heavy atom. The van der Waals surface area contributed by atoms with E-state index in [1.165, 1.54) is 16.0 Å². The van der Waals surface area contributed by atoms with Crippen molar-refractivity contribution in [2.24, 2.45) is 0 Å². The average Bonchev–Trinajstić information content (AvgIpc) is 2.76. The number of aromatic nitrogens is 1. The minimum Gasteiger partial charge on any atom is -0.383 e. The summed E-state index contributed by atoms with van der Waals surface area (Å²) >= 11 is 1.76. The number of nitrogens with zero attached hydrogens (tertiary/aromatic N) is 1. The lowest BCUT2D eigenvalue weighted by molar-refractivity contribution is 0.199. The standard InChI is InChI=1S/C15H20N2OS/c1-11-5-4-6-13(9-11)15-17-12(2)14(19-15)10-16-7-8-18-3/h4-6,9,16H,7-8,10H2,1-3H3. The highest BCUT2D eigenvalue weighted by Crippen LogP contribution is 2.28. The number of methoxy groups -OCH3 is 1. The molecule has 2 rings (SSSR count). The van der Waals surface area contributed by atoms with E-state index in [1.54, 1.807) is 18.4 Å². The van der Waals surface area contributed by atoms with Gasteiger partial charge in [-0.15, -0.1) is 11.3 Å². The van der Waals surface area contributed by atoms with Crippen LogP contribution in [0.3, 0.4) is 0 Å². The van der Waals surface area contributed by atoms with Gasteiger partial charge in [0.25, 0.3) is 0 Å². The first kappa shape index (κ1) is 14.2. The summed E-state index contributed by atoms with van der Waals surface area (Å²) < 4.78 is 5.02. The van der Waals surface area contributed by atoms with Crippen LogP contribution in [0, 0.1) is 13.8 Å². The molecule has 0 radical (unpaired) electrons. The SMILES string of the molecule is COCCNCc1sc(-c2cccc(C)c2)nc1C. The van der Waals surface area contributed by atoms with Gasteiger partial charge in [0.2, 0.25) is 0 Å². The van der Waals surface area contributed by atoms with Crippen LogP contribution in [-0.2, 0) is 11.3 Å². The quantitative estimate of drug-likeness (QED) is 0.823. The molecule has 0 aliphatic rings. The van der Waals surface area contributed by atoms with Crippen molar-refractivity contribution in [1.29, 1.82) is 0 Å². The molecule has 0 fully saturated rings. The van der Waals surface area contributed by atoms with Crippen LogP contribution >= 0.6 is 11.3 Å². The number of aryl methyl sites for hydroxylation is 2. The highest BCUT2D eigenvalue weighted by molar-refractivity contribution is 7.15. The van der Waals surface area contributed by atoms with E-state index in [4.69, 9.17) is 4.74 Å². The molecule has 0 bridgehead atoms. The summed E-state index contributed by atoms with van der Waals surface area (Å²) in [6.07, 6.45) is 0. The molecule has 1 aromatic heterocycles. The lowest BCUT2D eigenvalue weighted by Crippen LogP contribution is -2.18. The molecule has 0 spiro atoms. The Kier molecular flexibility index (Phi) is 5.07. The van der Waals surface area contributed by atoms with Gasteiger partial charge < -0.3 is 10.1 Å². The lowest BCUT2D eigenvalue weighted by Gasteiger charge is -2.01. The van der Waals surface area contributed by atoms with Gasteiger partial charge >= 0.3 is 0 Å². The Morgan fingerprint density at radius 3 is 2.89 bits per heavy atom. The topological polar surface area (TPSA) is 34.1 Å². The van der Waals surface area contributed by atoms with E-state index in [9.17, 15) is 0 Å². The van der Waals surface area contributed by atoms with Gasteiger partial charge in [-0.1, -0.05) is 23.8 Å². The van der Waals surface area contributed by atoms with E-state index in [0.717, 1.165) is 30.4 Å². The smallest absolute Gasteiger partial charge is 0.123 e. The maximum Gasteiger partial charge on any atom is 0.123 e. The summed E-state index contributed by atoms with van der Waals surface area (Å²) in [5.41, 5.74) is 3.59. The Balaban J connectivity index is 2.08. The van der Waals surface area contributed by atoms with Gasteiger partial charge in [0, 0.05) is 30.6 Å². The molecule has 102 valence electrons. The number of benzene rings is 1. The fourth-order valence-electron chi connectivity index (χ4n) is 1.87. The van der Waals surface area contributed by atoms with Crippen molar-refractivity contribution in [1.82, 2.24) is 10.3 Å². The molecule has 0 amide bonds. The zero-order chi connectivity index (χ0) is 13.7. The van der Waals surface area contributed by atoms with Crippen LogP contribution in [0.5, 0.6) is 0 Å². The van der Waals surface area contributed by atoms with Crippen LogP contribution in [0.15, 0.2) is 24.3 Å². The maximum atomic E-state index is 5.02. The van der Waals surface area contributed by atoms with Crippen molar-refractivity contribution in [2.75, 3.05) is 20.3 Å². The minimum atomic E-state index is 0.739. The fourth-order valence-corrected chi connectivity index (χ4v) is 2.90. The zero-order valence-electron chi connectivity index (χ0n) is 11.7. The fraction of sp³-hybridized carbons (Fsp3) is 0.400. The van der Waals surface area contributed by atoms with E-state index >= 15 is 0 Å². The number of thiazole rings is 1. The summed E-state index contributed by atoms with van der Waals surface area (Å²) in [6.45, 7) is 6.65. The normalized spacial score (nSPS) is 10.9. The van der Waals surface area contributed by atoms with Gasteiger partial charge in [-0.05, 0) is 19.9 Å². The van der Waals surface area contributed by atoms with Crippen LogP contribution in [0.2, 0.25) is 0 Å². The van der Waals surface area contributed by atoms with Crippen molar-refractivity contribution >= 4 is 11.3 Å². The van der Waals surface area contributed by atoms with Crippen molar-refractivity contribution in [3.05, 3.63) is 40.4 Å². The monoisotopic (exact) mass is 276 g/mol. The van der Waals surface area contributed by atoms with Gasteiger partial charge in [-0.3, -0.25) is 0 Å². The van der Waals surface area contributed by atoms with Gasteiger partial charge in [0.15, 0.2) is 0 Å². The first-order valence-corrected chi connectivity index (χ1v) is 7.25. The minimum absolute atomic E-state index is 0.739. The third-order valence-corrected chi connectivity index (χ3v) is 4.13. The summed E-state index contributed by atoms with van der Waals surface area (Å²) in [5, 5.41) is 4.47. The third kappa shape index (κ3) is 3.86. The van der Waals surface area contributed by atoms with E-state index in [1.807, 2.05) is 0 Å². The van der Waals surface area contributed by atoms with Gasteiger partial charge in [-0.2, -0.15) is 0 Å². The number of rotatable bonds is 6. The van der Waals surface area contributed by atoms with E-state index in [0.29, 0.717) is 0 Å². The molecule has 19 heavy (non-hydrogen) atoms. The molecular weight excluding hydrogens is 256 g/mol.